The quantitative estimate of drug-likeness (QED) is 0.326. The van der Waals surface area contributed by atoms with Gasteiger partial charge < -0.3 is 14.4 Å². The van der Waals surface area contributed by atoms with Crippen molar-refractivity contribution in [1.29, 1.82) is 0 Å². The molecule has 2 aromatic heterocycles. The zero-order valence-electron chi connectivity index (χ0n) is 22.2. The van der Waals surface area contributed by atoms with Crippen LogP contribution in [0.5, 0.6) is 5.75 Å². The molecule has 202 valence electrons. The number of likely N-dealkylation sites (tertiary alicyclic amines) is 1. The van der Waals surface area contributed by atoms with Crippen LogP contribution in [0.4, 0.5) is 8.78 Å². The molecule has 3 heterocycles. The number of alkyl halides is 2. The Hall–Kier alpha value is -3.44. The van der Waals surface area contributed by atoms with Crippen molar-refractivity contribution in [2.75, 3.05) is 13.1 Å². The van der Waals surface area contributed by atoms with Gasteiger partial charge in [0.05, 0.1) is 24.6 Å². The number of carboxylic acids is 1. The third kappa shape index (κ3) is 7.11. The first kappa shape index (κ1) is 27.6. The van der Waals surface area contributed by atoms with Gasteiger partial charge in [-0.15, -0.1) is 5.92 Å². The number of nitrogens with zero attached hydrogens (tertiary/aromatic N) is 3. The second-order valence-corrected chi connectivity index (χ2v) is 10.4. The Morgan fingerprint density at radius 3 is 2.63 bits per heavy atom. The third-order valence-electron chi connectivity index (χ3n) is 6.66. The minimum absolute atomic E-state index is 0.0397. The number of pyridine rings is 1. The fourth-order valence-electron chi connectivity index (χ4n) is 4.99. The number of benzene rings is 1. The first-order valence-electron chi connectivity index (χ1n) is 13.1. The van der Waals surface area contributed by atoms with Gasteiger partial charge in [-0.05, 0) is 61.2 Å². The second kappa shape index (κ2) is 12.0. The van der Waals surface area contributed by atoms with Gasteiger partial charge in [-0.3, -0.25) is 9.69 Å². The SMILES string of the molecule is CC#CC(CC(=O)O)c1ccc(OCc2ccc3c(CN4CCCC(F)(F)C4)cn(CC(C)C)c3n2)cc1. The summed E-state index contributed by atoms with van der Waals surface area (Å²) in [6.07, 6.45) is 2.47. The maximum Gasteiger partial charge on any atom is 0.304 e. The summed E-state index contributed by atoms with van der Waals surface area (Å²) >= 11 is 0. The van der Waals surface area contributed by atoms with E-state index in [1.807, 2.05) is 41.3 Å². The lowest BCUT2D eigenvalue weighted by atomic mass is 9.96. The van der Waals surface area contributed by atoms with Gasteiger partial charge in [-0.25, -0.2) is 13.8 Å². The van der Waals surface area contributed by atoms with Crippen molar-refractivity contribution in [1.82, 2.24) is 14.5 Å². The molecule has 1 aliphatic heterocycles. The highest BCUT2D eigenvalue weighted by Crippen LogP contribution is 2.30. The maximum absolute atomic E-state index is 14.0. The van der Waals surface area contributed by atoms with Crippen LogP contribution in [0.3, 0.4) is 0 Å². The highest BCUT2D eigenvalue weighted by atomic mass is 19.3. The number of aromatic nitrogens is 2. The summed E-state index contributed by atoms with van der Waals surface area (Å²) in [7, 11) is 0. The van der Waals surface area contributed by atoms with E-state index >= 15 is 0 Å². The van der Waals surface area contributed by atoms with Crippen molar-refractivity contribution < 1.29 is 23.4 Å². The number of carbonyl (C=O) groups is 1. The lowest BCUT2D eigenvalue weighted by Crippen LogP contribution is -2.41. The fraction of sp³-hybridized carbons (Fsp3) is 0.467. The molecular formula is C30H35F2N3O3. The van der Waals surface area contributed by atoms with Crippen molar-refractivity contribution >= 4 is 17.0 Å². The first-order chi connectivity index (χ1) is 18.1. The number of hydrogen-bond donors (Lipinski definition) is 1. The van der Waals surface area contributed by atoms with Crippen LogP contribution in [-0.2, 0) is 24.5 Å². The minimum atomic E-state index is -2.63. The number of hydrogen-bond acceptors (Lipinski definition) is 4. The van der Waals surface area contributed by atoms with E-state index in [4.69, 9.17) is 14.8 Å². The lowest BCUT2D eigenvalue weighted by molar-refractivity contribution is -0.137. The van der Waals surface area contributed by atoms with E-state index in [2.05, 4.69) is 36.5 Å². The molecule has 1 aliphatic rings. The Labute approximate surface area is 222 Å². The van der Waals surface area contributed by atoms with E-state index in [9.17, 15) is 13.6 Å². The van der Waals surface area contributed by atoms with Crippen LogP contribution in [0, 0.1) is 17.8 Å². The molecule has 1 atom stereocenters. The Balaban J connectivity index is 1.49. The average Bonchev–Trinajstić information content (AvgIpc) is 3.17. The van der Waals surface area contributed by atoms with Gasteiger partial charge >= 0.3 is 5.97 Å². The van der Waals surface area contributed by atoms with Crippen LogP contribution in [0.15, 0.2) is 42.6 Å². The summed E-state index contributed by atoms with van der Waals surface area (Å²) in [5, 5.41) is 10.1. The van der Waals surface area contributed by atoms with Crippen molar-refractivity contribution in [3.8, 4) is 17.6 Å². The Morgan fingerprint density at radius 1 is 1.21 bits per heavy atom. The van der Waals surface area contributed by atoms with Crippen molar-refractivity contribution in [3.05, 3.63) is 59.4 Å². The molecule has 1 unspecified atom stereocenters. The Bertz CT molecular complexity index is 1320. The van der Waals surface area contributed by atoms with Gasteiger partial charge in [0.15, 0.2) is 0 Å². The molecule has 0 spiro atoms. The van der Waals surface area contributed by atoms with Gasteiger partial charge in [0.2, 0.25) is 0 Å². The highest BCUT2D eigenvalue weighted by molar-refractivity contribution is 5.80. The predicted molar refractivity (Wildman–Crippen MR) is 143 cm³/mol. The summed E-state index contributed by atoms with van der Waals surface area (Å²) in [6.45, 7) is 7.97. The molecule has 0 saturated carbocycles. The largest absolute Gasteiger partial charge is 0.487 e. The van der Waals surface area contributed by atoms with Crippen LogP contribution in [0.2, 0.25) is 0 Å². The van der Waals surface area contributed by atoms with E-state index in [0.717, 1.165) is 34.4 Å². The van der Waals surface area contributed by atoms with Crippen molar-refractivity contribution in [2.24, 2.45) is 5.92 Å². The standard InChI is InChI=1S/C30H35F2N3O3/c1-4-6-23(15-28(36)37)22-7-10-26(11-8-22)38-19-25-9-12-27-24(17-34-14-5-13-30(31,32)20-34)18-35(16-21(2)3)29(27)33-25/h7-12,18,21,23H,5,13-17,19-20H2,1-3H3,(H,36,37). The van der Waals surface area contributed by atoms with Crippen molar-refractivity contribution in [2.45, 2.75) is 71.6 Å². The maximum atomic E-state index is 14.0. The van der Waals surface area contributed by atoms with Gasteiger partial charge in [-0.1, -0.05) is 31.9 Å². The number of aliphatic carboxylic acids is 1. The van der Waals surface area contributed by atoms with Crippen LogP contribution in [0.1, 0.15) is 62.8 Å². The molecule has 8 heteroatoms. The molecule has 0 aliphatic carbocycles. The molecule has 0 amide bonds. The number of fused-ring (bicyclic) bond motifs is 1. The fourth-order valence-corrected chi connectivity index (χ4v) is 4.99. The molecule has 6 nitrogen and oxygen atoms in total. The summed E-state index contributed by atoms with van der Waals surface area (Å²) < 4.78 is 36.0. The molecule has 4 rings (SSSR count). The molecule has 0 bridgehead atoms. The van der Waals surface area contributed by atoms with Gasteiger partial charge in [0, 0.05) is 31.1 Å². The van der Waals surface area contributed by atoms with Crippen LogP contribution >= 0.6 is 0 Å². The smallest absolute Gasteiger partial charge is 0.304 e. The van der Waals surface area contributed by atoms with Crippen molar-refractivity contribution in [3.63, 3.8) is 0 Å². The zero-order chi connectivity index (χ0) is 27.3. The Morgan fingerprint density at radius 2 is 1.97 bits per heavy atom. The van der Waals surface area contributed by atoms with Crippen LogP contribution in [-0.4, -0.2) is 44.5 Å². The van der Waals surface area contributed by atoms with E-state index in [-0.39, 0.29) is 31.9 Å². The Kier molecular flexibility index (Phi) is 8.68. The van der Waals surface area contributed by atoms with Crippen LogP contribution < -0.4 is 4.74 Å². The number of halogens is 2. The number of piperidine rings is 1. The van der Waals surface area contributed by atoms with Crippen LogP contribution in [0.25, 0.3) is 11.0 Å². The van der Waals surface area contributed by atoms with E-state index < -0.39 is 11.9 Å². The normalized spacial score (nSPS) is 16.3. The summed E-state index contributed by atoms with van der Waals surface area (Å²) in [6, 6.07) is 11.2. The molecule has 1 N–H and O–H groups in total. The lowest BCUT2D eigenvalue weighted by Gasteiger charge is -2.32. The average molecular weight is 524 g/mol. The third-order valence-corrected chi connectivity index (χ3v) is 6.66. The molecule has 1 aromatic carbocycles. The predicted octanol–water partition coefficient (Wildman–Crippen LogP) is 6.08. The van der Waals surface area contributed by atoms with E-state index in [1.54, 1.807) is 6.92 Å². The van der Waals surface area contributed by atoms with E-state index in [0.29, 0.717) is 31.2 Å². The van der Waals surface area contributed by atoms with Gasteiger partial charge in [-0.2, -0.15) is 0 Å². The summed E-state index contributed by atoms with van der Waals surface area (Å²) in [4.78, 5) is 17.9. The molecule has 0 radical (unpaired) electrons. The number of carboxylic acid groups (broad SMARTS) is 1. The van der Waals surface area contributed by atoms with Gasteiger partial charge in [0.1, 0.15) is 18.0 Å². The topological polar surface area (TPSA) is 67.6 Å². The van der Waals surface area contributed by atoms with Gasteiger partial charge in [0.25, 0.3) is 5.92 Å². The second-order valence-electron chi connectivity index (χ2n) is 10.4. The highest BCUT2D eigenvalue weighted by Gasteiger charge is 2.35. The molecule has 38 heavy (non-hydrogen) atoms. The summed E-state index contributed by atoms with van der Waals surface area (Å²) in [5.74, 6) is 2.92. The molecule has 3 aromatic rings. The molecule has 1 saturated heterocycles. The number of rotatable bonds is 10. The molecule has 1 fully saturated rings. The number of ether oxygens (including phenoxy) is 1. The first-order valence-corrected chi connectivity index (χ1v) is 13.1. The minimum Gasteiger partial charge on any atom is -0.487 e. The summed E-state index contributed by atoms with van der Waals surface area (Å²) in [5.41, 5.74) is 3.45. The molecular weight excluding hydrogens is 488 g/mol. The zero-order valence-corrected chi connectivity index (χ0v) is 22.2. The monoisotopic (exact) mass is 523 g/mol. The van der Waals surface area contributed by atoms with E-state index in [1.165, 1.54) is 0 Å².